The van der Waals surface area contributed by atoms with Crippen LogP contribution in [0.25, 0.3) is 0 Å². The smallest absolute Gasteiger partial charge is 0.205 e. The van der Waals surface area contributed by atoms with Gasteiger partial charge in [-0.2, -0.15) is 4.98 Å². The molecule has 0 fully saturated rings. The number of rotatable bonds is 0. The van der Waals surface area contributed by atoms with Crippen LogP contribution in [0.15, 0.2) is 0 Å². The maximum atomic E-state index is 7.44. The van der Waals surface area contributed by atoms with Crippen molar-refractivity contribution in [1.29, 1.82) is 5.41 Å². The molecule has 0 radical (unpaired) electrons. The summed E-state index contributed by atoms with van der Waals surface area (Å²) in [5.74, 6) is 0.756. The van der Waals surface area contributed by atoms with Gasteiger partial charge in [0, 0.05) is 18.8 Å². The van der Waals surface area contributed by atoms with Crippen LogP contribution in [0.5, 0.6) is 0 Å². The maximum Gasteiger partial charge on any atom is 0.205 e. The van der Waals surface area contributed by atoms with Gasteiger partial charge in [0.2, 0.25) is 5.95 Å². The second-order valence-electron chi connectivity index (χ2n) is 2.86. The average molecular weight is 165 g/mol. The van der Waals surface area contributed by atoms with Crippen molar-refractivity contribution in [3.8, 4) is 0 Å². The molecule has 1 aromatic heterocycles. The van der Waals surface area contributed by atoms with Gasteiger partial charge in [0.1, 0.15) is 0 Å². The number of hydrogen-bond acceptors (Lipinski definition) is 4. The molecule has 0 unspecified atom stereocenters. The number of fused-ring (bicyclic) bond motifs is 1. The molecule has 0 atom stereocenters. The predicted molar refractivity (Wildman–Crippen MR) is 45.7 cm³/mol. The highest BCUT2D eigenvalue weighted by Gasteiger charge is 2.13. The molecule has 0 amide bonds. The summed E-state index contributed by atoms with van der Waals surface area (Å²) in [6.45, 7) is 3.67. The van der Waals surface area contributed by atoms with Crippen molar-refractivity contribution >= 4 is 11.6 Å². The van der Waals surface area contributed by atoms with Gasteiger partial charge in [-0.3, -0.25) is 5.41 Å². The summed E-state index contributed by atoms with van der Waals surface area (Å²) in [5, 5.41) is 10.5. The topological polar surface area (TPSA) is 79.7 Å². The Labute approximate surface area is 69.7 Å². The molecule has 4 N–H and O–H groups in total. The zero-order chi connectivity index (χ0) is 8.72. The summed E-state index contributed by atoms with van der Waals surface area (Å²) in [4.78, 5) is 4.01. The molecule has 1 aliphatic heterocycles. The van der Waals surface area contributed by atoms with Crippen LogP contribution < -0.4 is 16.5 Å². The SMILES string of the molecule is Cc1c(N)c(=N)nc2n1CCN2. The summed E-state index contributed by atoms with van der Waals surface area (Å²) >= 11 is 0. The first-order valence-corrected chi connectivity index (χ1v) is 3.85. The number of nitrogens with two attached hydrogens (primary N) is 1. The third-order valence-corrected chi connectivity index (χ3v) is 2.14. The molecular formula is C7H11N5. The van der Waals surface area contributed by atoms with E-state index in [2.05, 4.69) is 10.3 Å². The molecule has 0 spiro atoms. The normalized spacial score (nSPS) is 14.1. The van der Waals surface area contributed by atoms with Crippen molar-refractivity contribution in [2.24, 2.45) is 0 Å². The highest BCUT2D eigenvalue weighted by atomic mass is 15.3. The maximum absolute atomic E-state index is 7.44. The molecule has 2 heterocycles. The molecule has 1 aromatic rings. The van der Waals surface area contributed by atoms with Crippen molar-refractivity contribution in [2.45, 2.75) is 13.5 Å². The summed E-state index contributed by atoms with van der Waals surface area (Å²) in [6.07, 6.45) is 0. The fourth-order valence-corrected chi connectivity index (χ4v) is 1.39. The van der Waals surface area contributed by atoms with Gasteiger partial charge >= 0.3 is 0 Å². The minimum absolute atomic E-state index is 0.160. The van der Waals surface area contributed by atoms with Gasteiger partial charge in [-0.25, -0.2) is 0 Å². The number of anilines is 2. The Morgan fingerprint density at radius 3 is 3.17 bits per heavy atom. The largest absolute Gasteiger partial charge is 0.394 e. The lowest BCUT2D eigenvalue weighted by Gasteiger charge is -2.08. The Hall–Kier alpha value is -1.52. The molecule has 5 heteroatoms. The highest BCUT2D eigenvalue weighted by molar-refractivity contribution is 5.45. The van der Waals surface area contributed by atoms with Gasteiger partial charge in [-0.15, -0.1) is 0 Å². The molecule has 0 aromatic carbocycles. The zero-order valence-electron chi connectivity index (χ0n) is 6.89. The van der Waals surface area contributed by atoms with E-state index in [1.54, 1.807) is 0 Å². The molecule has 64 valence electrons. The van der Waals surface area contributed by atoms with E-state index >= 15 is 0 Å². The Bertz CT molecular complexity index is 378. The van der Waals surface area contributed by atoms with Gasteiger partial charge in [-0.1, -0.05) is 0 Å². The van der Waals surface area contributed by atoms with E-state index in [9.17, 15) is 0 Å². The highest BCUT2D eigenvalue weighted by Crippen LogP contribution is 2.14. The van der Waals surface area contributed by atoms with E-state index < -0.39 is 0 Å². The van der Waals surface area contributed by atoms with Crippen LogP contribution >= 0.6 is 0 Å². The molecule has 5 nitrogen and oxygen atoms in total. The van der Waals surface area contributed by atoms with Crippen molar-refractivity contribution in [3.63, 3.8) is 0 Å². The van der Waals surface area contributed by atoms with Gasteiger partial charge in [0.15, 0.2) is 5.49 Å². The standard InChI is InChI=1S/C7H11N5/c1-4-5(8)6(9)11-7-10-2-3-12(4)7/h2-3,8H2,1H3,(H2,9,10,11). The van der Waals surface area contributed by atoms with Crippen LogP contribution in [-0.4, -0.2) is 16.1 Å². The first-order valence-electron chi connectivity index (χ1n) is 3.85. The minimum Gasteiger partial charge on any atom is -0.394 e. The minimum atomic E-state index is 0.160. The summed E-state index contributed by atoms with van der Waals surface area (Å²) < 4.78 is 1.99. The number of nitrogens with zero attached hydrogens (tertiary/aromatic N) is 2. The molecule has 0 aliphatic carbocycles. The molecule has 12 heavy (non-hydrogen) atoms. The fraction of sp³-hybridized carbons (Fsp3) is 0.429. The van der Waals surface area contributed by atoms with Crippen LogP contribution in [0.1, 0.15) is 5.69 Å². The summed E-state index contributed by atoms with van der Waals surface area (Å²) in [7, 11) is 0. The molecular weight excluding hydrogens is 154 g/mol. The molecule has 0 saturated carbocycles. The van der Waals surface area contributed by atoms with E-state index in [1.165, 1.54) is 0 Å². The number of nitrogen functional groups attached to an aromatic ring is 1. The lowest BCUT2D eigenvalue weighted by molar-refractivity contribution is 0.757. The number of nitrogens with one attached hydrogen (secondary N) is 2. The van der Waals surface area contributed by atoms with E-state index in [1.807, 2.05) is 11.5 Å². The van der Waals surface area contributed by atoms with Crippen molar-refractivity contribution in [2.75, 3.05) is 17.6 Å². The van der Waals surface area contributed by atoms with E-state index in [0.717, 1.165) is 24.7 Å². The third kappa shape index (κ3) is 0.792. The average Bonchev–Trinajstić information content (AvgIpc) is 2.48. The summed E-state index contributed by atoms with van der Waals surface area (Å²) in [5.41, 5.74) is 7.22. The second kappa shape index (κ2) is 2.23. The van der Waals surface area contributed by atoms with Crippen molar-refractivity contribution in [1.82, 2.24) is 9.55 Å². The fourth-order valence-electron chi connectivity index (χ4n) is 1.39. The first-order chi connectivity index (χ1) is 5.70. The van der Waals surface area contributed by atoms with Crippen LogP contribution in [0.2, 0.25) is 0 Å². The zero-order valence-corrected chi connectivity index (χ0v) is 6.89. The second-order valence-corrected chi connectivity index (χ2v) is 2.86. The van der Waals surface area contributed by atoms with Crippen molar-refractivity contribution in [3.05, 3.63) is 11.2 Å². The van der Waals surface area contributed by atoms with Crippen LogP contribution in [0, 0.1) is 12.3 Å². The van der Waals surface area contributed by atoms with Gasteiger partial charge in [-0.05, 0) is 6.92 Å². The van der Waals surface area contributed by atoms with E-state index in [4.69, 9.17) is 11.1 Å². The molecule has 0 saturated heterocycles. The van der Waals surface area contributed by atoms with E-state index in [-0.39, 0.29) is 5.49 Å². The van der Waals surface area contributed by atoms with Gasteiger partial charge in [0.25, 0.3) is 0 Å². The molecule has 0 bridgehead atoms. The Balaban J connectivity index is 2.76. The number of aromatic nitrogens is 2. The van der Waals surface area contributed by atoms with Crippen molar-refractivity contribution < 1.29 is 0 Å². The monoisotopic (exact) mass is 165 g/mol. The quantitative estimate of drug-likeness (QED) is 0.493. The first kappa shape index (κ1) is 7.15. The van der Waals surface area contributed by atoms with Crippen LogP contribution in [0.3, 0.4) is 0 Å². The third-order valence-electron chi connectivity index (χ3n) is 2.14. The molecule has 1 aliphatic rings. The number of hydrogen-bond donors (Lipinski definition) is 3. The Kier molecular flexibility index (Phi) is 1.33. The van der Waals surface area contributed by atoms with Crippen LogP contribution in [0.4, 0.5) is 11.6 Å². The molecule has 2 rings (SSSR count). The lowest BCUT2D eigenvalue weighted by atomic mass is 10.3. The lowest BCUT2D eigenvalue weighted by Crippen LogP contribution is -2.19. The van der Waals surface area contributed by atoms with Crippen LogP contribution in [-0.2, 0) is 6.54 Å². The summed E-state index contributed by atoms with van der Waals surface area (Å²) in [6, 6.07) is 0. The van der Waals surface area contributed by atoms with E-state index in [0.29, 0.717) is 5.69 Å². The van der Waals surface area contributed by atoms with Gasteiger partial charge < -0.3 is 15.6 Å². The van der Waals surface area contributed by atoms with Gasteiger partial charge in [0.05, 0.1) is 5.69 Å². The predicted octanol–water partition coefficient (Wildman–Crippen LogP) is -0.321. The Morgan fingerprint density at radius 1 is 1.67 bits per heavy atom. The Morgan fingerprint density at radius 2 is 2.42 bits per heavy atom.